The lowest BCUT2D eigenvalue weighted by molar-refractivity contribution is -0.113. The van der Waals surface area contributed by atoms with Gasteiger partial charge in [0.05, 0.1) is 5.75 Å². The maximum Gasteiger partial charge on any atom is 0.234 e. The molecule has 104 valence electrons. The first-order valence-electron chi connectivity index (χ1n) is 6.54. The number of hydrogen-bond acceptors (Lipinski definition) is 4. The number of thioether (sulfide) groups is 2. The summed E-state index contributed by atoms with van der Waals surface area (Å²) in [6, 6.07) is 7.97. The van der Waals surface area contributed by atoms with Crippen molar-refractivity contribution in [2.45, 2.75) is 23.0 Å². The number of rotatable bonds is 5. The normalized spacial score (nSPS) is 16.3. The summed E-state index contributed by atoms with van der Waals surface area (Å²) in [4.78, 5) is 13.1. The van der Waals surface area contributed by atoms with E-state index in [9.17, 15) is 4.79 Å². The van der Waals surface area contributed by atoms with E-state index in [4.69, 9.17) is 0 Å². The minimum atomic E-state index is 0.0976. The first-order chi connectivity index (χ1) is 9.28. The molecule has 5 heteroatoms. The van der Waals surface area contributed by atoms with Crippen LogP contribution in [0, 0.1) is 0 Å². The molecule has 0 aliphatic carbocycles. The lowest BCUT2D eigenvalue weighted by atomic mass is 10.2. The predicted octanol–water partition coefficient (Wildman–Crippen LogP) is 2.83. The molecule has 0 saturated carbocycles. The molecule has 0 aromatic heterocycles. The molecule has 1 aliphatic rings. The predicted molar refractivity (Wildman–Crippen MR) is 85.2 cm³/mol. The van der Waals surface area contributed by atoms with Crippen LogP contribution in [0.25, 0.3) is 0 Å². The molecule has 0 atom stereocenters. The lowest BCUT2D eigenvalue weighted by Gasteiger charge is -2.21. The minimum absolute atomic E-state index is 0.0976. The molecule has 0 unspecified atom stereocenters. The molecule has 2 N–H and O–H groups in total. The number of carbonyl (C=O) groups excluding carboxylic acids is 1. The summed E-state index contributed by atoms with van der Waals surface area (Å²) in [5.41, 5.74) is 0.883. The van der Waals surface area contributed by atoms with Crippen LogP contribution in [0.1, 0.15) is 12.8 Å². The number of carbonyl (C=O) groups is 1. The molecule has 0 bridgehead atoms. The Hall–Kier alpha value is -0.650. The fraction of sp³-hybridized carbons (Fsp3) is 0.500. The van der Waals surface area contributed by atoms with Crippen molar-refractivity contribution in [3.8, 4) is 0 Å². The third kappa shape index (κ3) is 5.09. The summed E-state index contributed by atoms with van der Waals surface area (Å²) in [5, 5.41) is 6.92. The van der Waals surface area contributed by atoms with Crippen molar-refractivity contribution >= 4 is 35.1 Å². The minimum Gasteiger partial charge on any atom is -0.325 e. The van der Waals surface area contributed by atoms with Gasteiger partial charge in [0, 0.05) is 15.8 Å². The van der Waals surface area contributed by atoms with E-state index in [0.717, 1.165) is 18.8 Å². The molecule has 0 spiro atoms. The van der Waals surface area contributed by atoms with E-state index in [1.807, 2.05) is 30.5 Å². The van der Waals surface area contributed by atoms with Gasteiger partial charge in [-0.2, -0.15) is 0 Å². The van der Waals surface area contributed by atoms with Gasteiger partial charge in [-0.1, -0.05) is 0 Å². The molecule has 1 saturated heterocycles. The third-order valence-electron chi connectivity index (χ3n) is 3.11. The Morgan fingerprint density at radius 2 is 2.00 bits per heavy atom. The van der Waals surface area contributed by atoms with E-state index < -0.39 is 0 Å². The van der Waals surface area contributed by atoms with E-state index in [0.29, 0.717) is 11.0 Å². The van der Waals surface area contributed by atoms with Crippen LogP contribution in [-0.2, 0) is 4.79 Å². The Morgan fingerprint density at radius 3 is 2.63 bits per heavy atom. The number of amides is 1. The summed E-state index contributed by atoms with van der Waals surface area (Å²) in [7, 11) is 0. The maximum atomic E-state index is 11.9. The zero-order chi connectivity index (χ0) is 13.5. The molecule has 1 heterocycles. The Labute approximate surface area is 123 Å². The van der Waals surface area contributed by atoms with Crippen LogP contribution in [-0.4, -0.2) is 36.3 Å². The van der Waals surface area contributed by atoms with Crippen LogP contribution < -0.4 is 10.6 Å². The van der Waals surface area contributed by atoms with Gasteiger partial charge >= 0.3 is 0 Å². The molecule has 19 heavy (non-hydrogen) atoms. The van der Waals surface area contributed by atoms with E-state index in [1.54, 1.807) is 23.5 Å². The highest BCUT2D eigenvalue weighted by Crippen LogP contribution is 2.21. The van der Waals surface area contributed by atoms with Crippen LogP contribution in [0.15, 0.2) is 29.2 Å². The molecule has 0 radical (unpaired) electrons. The second-order valence-electron chi connectivity index (χ2n) is 4.54. The van der Waals surface area contributed by atoms with Crippen molar-refractivity contribution in [2.24, 2.45) is 0 Å². The average Bonchev–Trinajstić information content (AvgIpc) is 2.47. The van der Waals surface area contributed by atoms with Gasteiger partial charge in [0.1, 0.15) is 0 Å². The Morgan fingerprint density at radius 1 is 1.32 bits per heavy atom. The standard InChI is InChI=1S/C14H20N2OS2/c1-18-12-4-2-11(3-5-12)16-14(17)10-19-13-6-8-15-9-7-13/h2-5,13,15H,6-10H2,1H3,(H,16,17). The van der Waals surface area contributed by atoms with Crippen molar-refractivity contribution in [1.82, 2.24) is 5.32 Å². The summed E-state index contributed by atoms with van der Waals surface area (Å²) in [6.45, 7) is 2.16. The lowest BCUT2D eigenvalue weighted by Crippen LogP contribution is -2.30. The quantitative estimate of drug-likeness (QED) is 0.820. The van der Waals surface area contributed by atoms with Crippen LogP contribution in [0.3, 0.4) is 0 Å². The van der Waals surface area contributed by atoms with Crippen molar-refractivity contribution in [3.05, 3.63) is 24.3 Å². The number of benzene rings is 1. The van der Waals surface area contributed by atoms with Gasteiger partial charge < -0.3 is 10.6 Å². The Kier molecular flexibility index (Phi) is 6.07. The Balaban J connectivity index is 1.73. The molecule has 2 rings (SSSR count). The largest absolute Gasteiger partial charge is 0.325 e. The van der Waals surface area contributed by atoms with Crippen molar-refractivity contribution in [3.63, 3.8) is 0 Å². The van der Waals surface area contributed by atoms with Crippen molar-refractivity contribution in [1.29, 1.82) is 0 Å². The smallest absolute Gasteiger partial charge is 0.234 e. The van der Waals surface area contributed by atoms with Gasteiger partial charge in [0.15, 0.2) is 0 Å². The molecular formula is C14H20N2OS2. The van der Waals surface area contributed by atoms with Gasteiger partial charge in [0.25, 0.3) is 0 Å². The van der Waals surface area contributed by atoms with Gasteiger partial charge in [-0.05, 0) is 56.5 Å². The van der Waals surface area contributed by atoms with Crippen molar-refractivity contribution < 1.29 is 4.79 Å². The zero-order valence-electron chi connectivity index (χ0n) is 11.1. The van der Waals surface area contributed by atoms with E-state index in [1.165, 1.54) is 17.7 Å². The van der Waals surface area contributed by atoms with Gasteiger partial charge in [-0.25, -0.2) is 0 Å². The molecule has 1 aromatic rings. The van der Waals surface area contributed by atoms with Crippen molar-refractivity contribution in [2.75, 3.05) is 30.4 Å². The summed E-state index contributed by atoms with van der Waals surface area (Å²) >= 11 is 3.48. The summed E-state index contributed by atoms with van der Waals surface area (Å²) in [6.07, 6.45) is 4.38. The Bertz CT molecular complexity index is 402. The van der Waals surface area contributed by atoms with E-state index >= 15 is 0 Å². The van der Waals surface area contributed by atoms with Gasteiger partial charge in [-0.3, -0.25) is 4.79 Å². The highest BCUT2D eigenvalue weighted by Gasteiger charge is 2.14. The van der Waals surface area contributed by atoms with Gasteiger partial charge in [0.2, 0.25) is 5.91 Å². The molecule has 1 amide bonds. The molecule has 1 fully saturated rings. The number of hydrogen-bond donors (Lipinski definition) is 2. The molecule has 1 aliphatic heterocycles. The number of anilines is 1. The fourth-order valence-corrected chi connectivity index (χ4v) is 3.46. The molecule has 3 nitrogen and oxygen atoms in total. The summed E-state index contributed by atoms with van der Waals surface area (Å²) in [5.74, 6) is 0.648. The second kappa shape index (κ2) is 7.82. The van der Waals surface area contributed by atoms with Crippen LogP contribution in [0.4, 0.5) is 5.69 Å². The first kappa shape index (κ1) is 14.8. The maximum absolute atomic E-state index is 11.9. The number of piperidine rings is 1. The van der Waals surface area contributed by atoms with E-state index in [2.05, 4.69) is 10.6 Å². The van der Waals surface area contributed by atoms with Crippen LogP contribution in [0.2, 0.25) is 0 Å². The molecule has 1 aromatic carbocycles. The molecular weight excluding hydrogens is 276 g/mol. The second-order valence-corrected chi connectivity index (χ2v) is 6.71. The number of nitrogens with one attached hydrogen (secondary N) is 2. The monoisotopic (exact) mass is 296 g/mol. The van der Waals surface area contributed by atoms with E-state index in [-0.39, 0.29) is 5.91 Å². The zero-order valence-corrected chi connectivity index (χ0v) is 12.8. The topological polar surface area (TPSA) is 41.1 Å². The summed E-state index contributed by atoms with van der Waals surface area (Å²) < 4.78 is 0. The third-order valence-corrected chi connectivity index (χ3v) is 5.23. The van der Waals surface area contributed by atoms with Crippen LogP contribution in [0.5, 0.6) is 0 Å². The van der Waals surface area contributed by atoms with Gasteiger partial charge in [-0.15, -0.1) is 23.5 Å². The average molecular weight is 296 g/mol. The fourth-order valence-electron chi connectivity index (χ4n) is 2.03. The van der Waals surface area contributed by atoms with Crippen LogP contribution >= 0.6 is 23.5 Å². The highest BCUT2D eigenvalue weighted by atomic mass is 32.2. The highest BCUT2D eigenvalue weighted by molar-refractivity contribution is 8.00. The SMILES string of the molecule is CSc1ccc(NC(=O)CSC2CCNCC2)cc1. The first-order valence-corrected chi connectivity index (χ1v) is 8.81.